The van der Waals surface area contributed by atoms with Crippen molar-refractivity contribution in [1.82, 2.24) is 24.6 Å². The van der Waals surface area contributed by atoms with E-state index in [0.29, 0.717) is 18.4 Å². The number of nitrogens with zero attached hydrogens (tertiary/aromatic N) is 5. The number of hydrogen-bond acceptors (Lipinski definition) is 7. The highest BCUT2D eigenvalue weighted by Crippen LogP contribution is 2.14. The molecule has 0 saturated carbocycles. The fraction of sp³-hybridized carbons (Fsp3) is 0.333. The Labute approximate surface area is 153 Å². The first-order chi connectivity index (χ1) is 11.8. The summed E-state index contributed by atoms with van der Waals surface area (Å²) in [5, 5.41) is 7.39. The summed E-state index contributed by atoms with van der Waals surface area (Å²) < 4.78 is 8.45. The van der Waals surface area contributed by atoms with E-state index in [-0.39, 0.29) is 6.10 Å². The van der Waals surface area contributed by atoms with Crippen LogP contribution in [0.25, 0.3) is 5.65 Å². The fourth-order valence-electron chi connectivity index (χ4n) is 2.27. The molecule has 0 fully saturated rings. The molecule has 1 atom stereocenters. The largest absolute Gasteiger partial charge is 0.460 e. The molecule has 3 aromatic rings. The molecule has 0 aliphatic carbocycles. The average molecular weight is 439 g/mol. The van der Waals surface area contributed by atoms with Crippen LogP contribution in [0.1, 0.15) is 12.8 Å². The molecule has 9 heteroatoms. The second-order valence-electron chi connectivity index (χ2n) is 5.13. The normalized spacial score (nSPS) is 12.2. The van der Waals surface area contributed by atoms with Gasteiger partial charge in [-0.15, -0.1) is 0 Å². The number of hydrogen-bond donors (Lipinski definition) is 2. The average Bonchev–Trinajstić information content (AvgIpc) is 3.05. The van der Waals surface area contributed by atoms with Gasteiger partial charge in [0.05, 0.1) is 6.20 Å². The first kappa shape index (κ1) is 16.7. The van der Waals surface area contributed by atoms with Gasteiger partial charge in [0.25, 0.3) is 0 Å². The van der Waals surface area contributed by atoms with Crippen molar-refractivity contribution >= 4 is 39.9 Å². The molecule has 3 heterocycles. The Morgan fingerprint density at radius 3 is 2.88 bits per heavy atom. The maximum Gasteiger partial charge on any atom is 0.316 e. The highest BCUT2D eigenvalue weighted by Gasteiger charge is 2.12. The van der Waals surface area contributed by atoms with Crippen molar-refractivity contribution in [3.63, 3.8) is 0 Å². The quantitative estimate of drug-likeness (QED) is 0.410. The van der Waals surface area contributed by atoms with Crippen molar-refractivity contribution in [2.45, 2.75) is 18.9 Å². The molecule has 126 valence electrons. The number of fused-ring (bicyclic) bond motifs is 1. The van der Waals surface area contributed by atoms with E-state index in [0.717, 1.165) is 28.7 Å². The Bertz CT molecular complexity index is 780. The van der Waals surface area contributed by atoms with Gasteiger partial charge >= 0.3 is 6.01 Å². The first-order valence-corrected chi connectivity index (χ1v) is 9.12. The van der Waals surface area contributed by atoms with Crippen LogP contribution < -0.4 is 15.8 Å². The van der Waals surface area contributed by atoms with Crippen LogP contribution in [-0.4, -0.2) is 41.6 Å². The van der Waals surface area contributed by atoms with Gasteiger partial charge in [-0.25, -0.2) is 15.0 Å². The van der Waals surface area contributed by atoms with Gasteiger partial charge in [0.1, 0.15) is 17.7 Å². The molecular formula is C15H18IN7O. The Hall–Kier alpha value is -2.17. The number of nitrogens with two attached hydrogens (primary N) is 1. The Morgan fingerprint density at radius 1 is 1.25 bits per heavy atom. The molecule has 0 saturated heterocycles. The maximum absolute atomic E-state index is 5.96. The van der Waals surface area contributed by atoms with E-state index in [1.54, 1.807) is 35.2 Å². The Morgan fingerprint density at radius 2 is 2.08 bits per heavy atom. The van der Waals surface area contributed by atoms with Crippen LogP contribution in [0.15, 0.2) is 36.8 Å². The van der Waals surface area contributed by atoms with Gasteiger partial charge in [-0.05, 0) is 12.5 Å². The molecule has 3 rings (SSSR count). The molecule has 0 amide bonds. The Kier molecular flexibility index (Phi) is 5.62. The number of rotatable bonds is 8. The molecular weight excluding hydrogens is 421 g/mol. The van der Waals surface area contributed by atoms with Gasteiger partial charge in [0.2, 0.25) is 0 Å². The molecule has 0 spiro atoms. The van der Waals surface area contributed by atoms with E-state index in [9.17, 15) is 0 Å². The predicted octanol–water partition coefficient (Wildman–Crippen LogP) is 2.18. The molecule has 0 bridgehead atoms. The molecule has 3 aromatic heterocycles. The molecule has 0 aliphatic heterocycles. The number of halogens is 1. The lowest BCUT2D eigenvalue weighted by Crippen LogP contribution is -2.22. The summed E-state index contributed by atoms with van der Waals surface area (Å²) in [6.07, 6.45) is 6.81. The van der Waals surface area contributed by atoms with E-state index in [4.69, 9.17) is 10.5 Å². The van der Waals surface area contributed by atoms with E-state index in [2.05, 4.69) is 48.0 Å². The van der Waals surface area contributed by atoms with Crippen LogP contribution in [0.4, 0.5) is 11.6 Å². The number of alkyl halides is 1. The summed E-state index contributed by atoms with van der Waals surface area (Å²) in [7, 11) is 0. The van der Waals surface area contributed by atoms with Crippen molar-refractivity contribution in [2.24, 2.45) is 0 Å². The maximum atomic E-state index is 5.96. The zero-order chi connectivity index (χ0) is 16.8. The minimum atomic E-state index is 0.0489. The van der Waals surface area contributed by atoms with Gasteiger partial charge in [-0.2, -0.15) is 9.61 Å². The third-order valence-electron chi connectivity index (χ3n) is 3.40. The zero-order valence-electron chi connectivity index (χ0n) is 13.0. The topological polar surface area (TPSA) is 103 Å². The van der Waals surface area contributed by atoms with Crippen LogP contribution in [-0.2, 0) is 0 Å². The summed E-state index contributed by atoms with van der Waals surface area (Å²) >= 11 is 2.34. The minimum absolute atomic E-state index is 0.0489. The van der Waals surface area contributed by atoms with Crippen LogP contribution in [0.2, 0.25) is 0 Å². The van der Waals surface area contributed by atoms with Gasteiger partial charge in [0, 0.05) is 41.9 Å². The van der Waals surface area contributed by atoms with Crippen LogP contribution in [0.5, 0.6) is 6.01 Å². The third-order valence-corrected chi connectivity index (χ3v) is 4.03. The van der Waals surface area contributed by atoms with Crippen molar-refractivity contribution < 1.29 is 4.74 Å². The van der Waals surface area contributed by atoms with E-state index in [1.807, 2.05) is 6.07 Å². The molecule has 8 nitrogen and oxygen atoms in total. The number of ether oxygens (including phenoxy) is 1. The van der Waals surface area contributed by atoms with Gasteiger partial charge in [-0.1, -0.05) is 22.6 Å². The van der Waals surface area contributed by atoms with Crippen LogP contribution >= 0.6 is 22.6 Å². The van der Waals surface area contributed by atoms with E-state index >= 15 is 0 Å². The van der Waals surface area contributed by atoms with Crippen LogP contribution in [0, 0.1) is 0 Å². The van der Waals surface area contributed by atoms with E-state index < -0.39 is 0 Å². The van der Waals surface area contributed by atoms with Crippen molar-refractivity contribution in [2.75, 3.05) is 22.0 Å². The monoisotopic (exact) mass is 439 g/mol. The zero-order valence-corrected chi connectivity index (χ0v) is 15.1. The van der Waals surface area contributed by atoms with E-state index in [1.165, 1.54) is 0 Å². The molecule has 24 heavy (non-hydrogen) atoms. The molecule has 0 aromatic carbocycles. The molecule has 0 radical (unpaired) electrons. The second-order valence-corrected chi connectivity index (χ2v) is 6.21. The van der Waals surface area contributed by atoms with Crippen molar-refractivity contribution in [3.8, 4) is 6.01 Å². The highest BCUT2D eigenvalue weighted by molar-refractivity contribution is 14.1. The lowest BCUT2D eigenvalue weighted by Gasteiger charge is -2.17. The predicted molar refractivity (Wildman–Crippen MR) is 100 cm³/mol. The number of nitrogens with one attached hydrogen (secondary N) is 1. The second kappa shape index (κ2) is 8.08. The van der Waals surface area contributed by atoms with Gasteiger partial charge in [0.15, 0.2) is 5.65 Å². The fourth-order valence-corrected chi connectivity index (χ4v) is 2.96. The van der Waals surface area contributed by atoms with Crippen LogP contribution in [0.3, 0.4) is 0 Å². The first-order valence-electron chi connectivity index (χ1n) is 7.60. The number of nitrogen functional groups attached to an aromatic ring is 1. The summed E-state index contributed by atoms with van der Waals surface area (Å²) in [6.45, 7) is 0.713. The lowest BCUT2D eigenvalue weighted by molar-refractivity contribution is 0.176. The Balaban J connectivity index is 1.57. The third kappa shape index (κ3) is 4.22. The summed E-state index contributed by atoms with van der Waals surface area (Å²) in [5.41, 5.74) is 6.68. The summed E-state index contributed by atoms with van der Waals surface area (Å²) in [6, 6.07) is 5.77. The van der Waals surface area contributed by atoms with Gasteiger partial charge in [-0.3, -0.25) is 0 Å². The summed E-state index contributed by atoms with van der Waals surface area (Å²) in [4.78, 5) is 12.7. The SMILES string of the molecule is Nc1cc(NCCC(CCI)Oc2ncccn2)nc2ccnn12. The van der Waals surface area contributed by atoms with Crippen molar-refractivity contribution in [3.05, 3.63) is 36.8 Å². The molecule has 1 unspecified atom stereocenters. The smallest absolute Gasteiger partial charge is 0.316 e. The summed E-state index contributed by atoms with van der Waals surface area (Å²) in [5.74, 6) is 1.27. The molecule has 3 N–H and O–H groups in total. The standard InChI is InChI=1S/C15H18IN7O/c16-5-2-11(24-15-19-6-1-7-20-15)3-8-18-13-10-12(17)23-14(22-13)4-9-21-23/h1,4,6-7,9-11H,2-3,5,8,17H2,(H,18,22). The lowest BCUT2D eigenvalue weighted by atomic mass is 10.2. The van der Waals surface area contributed by atoms with Crippen molar-refractivity contribution in [1.29, 1.82) is 0 Å². The minimum Gasteiger partial charge on any atom is -0.460 e. The molecule has 0 aliphatic rings. The highest BCUT2D eigenvalue weighted by atomic mass is 127. The number of anilines is 2. The number of aromatic nitrogens is 5. The van der Waals surface area contributed by atoms with Gasteiger partial charge < -0.3 is 15.8 Å².